The molecule has 0 unspecified atom stereocenters. The molecule has 0 saturated carbocycles. The molecule has 0 aliphatic carbocycles. The third-order valence-electron chi connectivity index (χ3n) is 4.75. The van der Waals surface area contributed by atoms with Crippen LogP contribution in [0.3, 0.4) is 0 Å². The SMILES string of the molecule is CCc1ccc(CCNC(=NC)N2CCN(c3ncccn3)CC2)cc1. The maximum Gasteiger partial charge on any atom is 0.225 e. The van der Waals surface area contributed by atoms with E-state index in [4.69, 9.17) is 0 Å². The van der Waals surface area contributed by atoms with Crippen molar-refractivity contribution in [3.63, 3.8) is 0 Å². The molecule has 6 heteroatoms. The largest absolute Gasteiger partial charge is 0.356 e. The van der Waals surface area contributed by atoms with Crippen molar-refractivity contribution in [2.24, 2.45) is 4.99 Å². The highest BCUT2D eigenvalue weighted by atomic mass is 15.4. The lowest BCUT2D eigenvalue weighted by Gasteiger charge is -2.36. The van der Waals surface area contributed by atoms with E-state index >= 15 is 0 Å². The molecule has 1 aliphatic rings. The molecule has 6 nitrogen and oxygen atoms in total. The first-order valence-corrected chi connectivity index (χ1v) is 9.35. The minimum Gasteiger partial charge on any atom is -0.356 e. The number of rotatable bonds is 5. The van der Waals surface area contributed by atoms with Gasteiger partial charge in [0.05, 0.1) is 0 Å². The minimum absolute atomic E-state index is 0.811. The van der Waals surface area contributed by atoms with E-state index < -0.39 is 0 Å². The number of hydrogen-bond donors (Lipinski definition) is 1. The second-order valence-corrected chi connectivity index (χ2v) is 6.42. The highest BCUT2D eigenvalue weighted by Gasteiger charge is 2.20. The molecule has 0 radical (unpaired) electrons. The molecule has 3 rings (SSSR count). The second-order valence-electron chi connectivity index (χ2n) is 6.42. The topological polar surface area (TPSA) is 56.7 Å². The fourth-order valence-corrected chi connectivity index (χ4v) is 3.17. The van der Waals surface area contributed by atoms with Gasteiger partial charge in [0.2, 0.25) is 5.95 Å². The van der Waals surface area contributed by atoms with E-state index in [9.17, 15) is 0 Å². The first-order valence-electron chi connectivity index (χ1n) is 9.35. The van der Waals surface area contributed by atoms with Gasteiger partial charge in [0.15, 0.2) is 5.96 Å². The second kappa shape index (κ2) is 9.17. The molecule has 1 aliphatic heterocycles. The Morgan fingerprint density at radius 2 is 1.69 bits per heavy atom. The maximum absolute atomic E-state index is 4.45. The Morgan fingerprint density at radius 1 is 1.04 bits per heavy atom. The molecule has 138 valence electrons. The van der Waals surface area contributed by atoms with Gasteiger partial charge in [-0.2, -0.15) is 0 Å². The van der Waals surface area contributed by atoms with Crippen molar-refractivity contribution in [3.05, 3.63) is 53.9 Å². The van der Waals surface area contributed by atoms with E-state index in [-0.39, 0.29) is 0 Å². The monoisotopic (exact) mass is 352 g/mol. The number of nitrogens with zero attached hydrogens (tertiary/aromatic N) is 5. The molecule has 0 spiro atoms. The highest BCUT2D eigenvalue weighted by molar-refractivity contribution is 5.80. The molecule has 26 heavy (non-hydrogen) atoms. The standard InChI is InChI=1S/C20H28N6/c1-3-17-5-7-18(8-6-17)9-12-24-19(21-2)25-13-15-26(16-14-25)20-22-10-4-11-23-20/h4-8,10-11H,3,9,12-16H2,1-2H3,(H,21,24). The number of aliphatic imine (C=N–C) groups is 1. The van der Waals surface area contributed by atoms with Crippen molar-refractivity contribution in [1.29, 1.82) is 0 Å². The average Bonchev–Trinajstić information content (AvgIpc) is 2.72. The van der Waals surface area contributed by atoms with Crippen LogP contribution in [0.4, 0.5) is 5.95 Å². The number of aromatic nitrogens is 2. The van der Waals surface area contributed by atoms with Crippen molar-refractivity contribution in [2.45, 2.75) is 19.8 Å². The summed E-state index contributed by atoms with van der Waals surface area (Å²) in [5.41, 5.74) is 2.74. The summed E-state index contributed by atoms with van der Waals surface area (Å²) >= 11 is 0. The van der Waals surface area contributed by atoms with Crippen molar-refractivity contribution < 1.29 is 0 Å². The average molecular weight is 352 g/mol. The van der Waals surface area contributed by atoms with E-state index in [2.05, 4.69) is 61.3 Å². The van der Waals surface area contributed by atoms with Gasteiger partial charge < -0.3 is 15.1 Å². The van der Waals surface area contributed by atoms with Crippen LogP contribution in [-0.4, -0.2) is 60.6 Å². The molecule has 0 atom stereocenters. The Bertz CT molecular complexity index is 690. The third-order valence-corrected chi connectivity index (χ3v) is 4.75. The third kappa shape index (κ3) is 4.71. The van der Waals surface area contributed by atoms with Crippen LogP contribution < -0.4 is 10.2 Å². The van der Waals surface area contributed by atoms with Gasteiger partial charge in [-0.25, -0.2) is 9.97 Å². The first kappa shape index (κ1) is 18.2. The predicted molar refractivity (Wildman–Crippen MR) is 107 cm³/mol. The van der Waals surface area contributed by atoms with Gasteiger partial charge in [0.1, 0.15) is 0 Å². The lowest BCUT2D eigenvalue weighted by Crippen LogP contribution is -2.53. The molecular weight excluding hydrogens is 324 g/mol. The van der Waals surface area contributed by atoms with Crippen LogP contribution in [0, 0.1) is 0 Å². The summed E-state index contributed by atoms with van der Waals surface area (Å²) in [6.07, 6.45) is 5.68. The molecule has 2 heterocycles. The summed E-state index contributed by atoms with van der Waals surface area (Å²) in [6.45, 7) is 6.73. The Labute approximate surface area is 156 Å². The number of hydrogen-bond acceptors (Lipinski definition) is 4. The lowest BCUT2D eigenvalue weighted by molar-refractivity contribution is 0.370. The molecule has 1 N–H and O–H groups in total. The molecule has 1 saturated heterocycles. The Balaban J connectivity index is 1.46. The molecule has 2 aromatic rings. The van der Waals surface area contributed by atoms with E-state index in [0.717, 1.165) is 57.5 Å². The fraction of sp³-hybridized carbons (Fsp3) is 0.450. The first-order chi connectivity index (χ1) is 12.8. The minimum atomic E-state index is 0.811. The fourth-order valence-electron chi connectivity index (χ4n) is 3.17. The number of piperazine rings is 1. The van der Waals surface area contributed by atoms with Gasteiger partial charge in [-0.3, -0.25) is 4.99 Å². The van der Waals surface area contributed by atoms with Gasteiger partial charge in [-0.1, -0.05) is 31.2 Å². The molecular formula is C20H28N6. The van der Waals surface area contributed by atoms with E-state index in [1.54, 1.807) is 12.4 Å². The Morgan fingerprint density at radius 3 is 2.31 bits per heavy atom. The van der Waals surface area contributed by atoms with E-state index in [1.807, 2.05) is 13.1 Å². The van der Waals surface area contributed by atoms with Gasteiger partial charge in [0, 0.05) is 52.2 Å². The zero-order valence-electron chi connectivity index (χ0n) is 15.7. The van der Waals surface area contributed by atoms with Crippen molar-refractivity contribution >= 4 is 11.9 Å². The molecule has 1 aromatic carbocycles. The van der Waals surface area contributed by atoms with Gasteiger partial charge in [-0.05, 0) is 30.0 Å². The quantitative estimate of drug-likeness (QED) is 0.659. The number of guanidine groups is 1. The summed E-state index contributed by atoms with van der Waals surface area (Å²) < 4.78 is 0. The van der Waals surface area contributed by atoms with Gasteiger partial charge in [-0.15, -0.1) is 0 Å². The Kier molecular flexibility index (Phi) is 6.41. The predicted octanol–water partition coefficient (Wildman–Crippen LogP) is 1.98. The molecule has 1 aromatic heterocycles. The summed E-state index contributed by atoms with van der Waals surface area (Å²) in [7, 11) is 1.85. The smallest absolute Gasteiger partial charge is 0.225 e. The number of anilines is 1. The maximum atomic E-state index is 4.45. The summed E-state index contributed by atoms with van der Waals surface area (Å²) in [6, 6.07) is 10.7. The number of aryl methyl sites for hydroxylation is 1. The van der Waals surface area contributed by atoms with Crippen LogP contribution in [-0.2, 0) is 12.8 Å². The van der Waals surface area contributed by atoms with Crippen LogP contribution in [0.15, 0.2) is 47.7 Å². The lowest BCUT2D eigenvalue weighted by atomic mass is 10.1. The van der Waals surface area contributed by atoms with Gasteiger partial charge >= 0.3 is 0 Å². The normalized spacial score (nSPS) is 15.2. The van der Waals surface area contributed by atoms with Gasteiger partial charge in [0.25, 0.3) is 0 Å². The highest BCUT2D eigenvalue weighted by Crippen LogP contribution is 2.10. The van der Waals surface area contributed by atoms with E-state index in [1.165, 1.54) is 11.1 Å². The van der Waals surface area contributed by atoms with Crippen LogP contribution in [0.25, 0.3) is 0 Å². The summed E-state index contributed by atoms with van der Waals surface area (Å²) in [5, 5.41) is 3.50. The molecule has 0 bridgehead atoms. The molecule has 1 fully saturated rings. The van der Waals surface area contributed by atoms with Crippen molar-refractivity contribution in [1.82, 2.24) is 20.2 Å². The van der Waals surface area contributed by atoms with Crippen molar-refractivity contribution in [3.8, 4) is 0 Å². The summed E-state index contributed by atoms with van der Waals surface area (Å²) in [5.74, 6) is 1.79. The number of nitrogens with one attached hydrogen (secondary N) is 1. The zero-order valence-corrected chi connectivity index (χ0v) is 15.7. The zero-order chi connectivity index (χ0) is 18.2. The van der Waals surface area contributed by atoms with E-state index in [0.29, 0.717) is 0 Å². The molecule has 0 amide bonds. The van der Waals surface area contributed by atoms with Crippen molar-refractivity contribution in [2.75, 3.05) is 44.7 Å². The number of benzene rings is 1. The Hall–Kier alpha value is -2.63. The van der Waals surface area contributed by atoms with Crippen LogP contribution in [0.1, 0.15) is 18.1 Å². The van der Waals surface area contributed by atoms with Crippen LogP contribution >= 0.6 is 0 Å². The summed E-state index contributed by atoms with van der Waals surface area (Å²) in [4.78, 5) is 17.7. The van der Waals surface area contributed by atoms with Crippen LogP contribution in [0.2, 0.25) is 0 Å². The van der Waals surface area contributed by atoms with Crippen LogP contribution in [0.5, 0.6) is 0 Å².